The minimum atomic E-state index is 0.704. The molecule has 0 atom stereocenters. The lowest BCUT2D eigenvalue weighted by atomic mass is 10.3. The van der Waals surface area contributed by atoms with Crippen LogP contribution in [0.15, 0.2) is 30.5 Å². The molecule has 0 radical (unpaired) electrons. The Kier molecular flexibility index (Phi) is 1.14. The number of nitrogens with one attached hydrogen (secondary N) is 1. The Hall–Kier alpha value is -1.97. The van der Waals surface area contributed by atoms with E-state index >= 15 is 0 Å². The van der Waals surface area contributed by atoms with Gasteiger partial charge in [-0.25, -0.2) is 4.98 Å². The van der Waals surface area contributed by atoms with Gasteiger partial charge < -0.3 is 0 Å². The summed E-state index contributed by atoms with van der Waals surface area (Å²) >= 11 is 0. The van der Waals surface area contributed by atoms with Gasteiger partial charge in [-0.05, 0) is 17.5 Å². The van der Waals surface area contributed by atoms with E-state index in [0.717, 1.165) is 16.3 Å². The summed E-state index contributed by atoms with van der Waals surface area (Å²) in [4.78, 5) is 4.18. The van der Waals surface area contributed by atoms with Crippen LogP contribution < -0.4 is 0 Å². The van der Waals surface area contributed by atoms with Crippen LogP contribution in [0.2, 0.25) is 0 Å². The molecule has 0 aliphatic carbocycles. The molecular weight excluding hydrogens is 164 g/mol. The molecule has 4 heteroatoms. The third kappa shape index (κ3) is 0.823. The van der Waals surface area contributed by atoms with Crippen molar-refractivity contribution in [1.82, 2.24) is 20.4 Å². The Morgan fingerprint density at radius 2 is 2.08 bits per heavy atom. The van der Waals surface area contributed by atoms with E-state index in [-0.39, 0.29) is 0 Å². The fourth-order valence-corrected chi connectivity index (χ4v) is 1.49. The zero-order valence-corrected chi connectivity index (χ0v) is 6.73. The summed E-state index contributed by atoms with van der Waals surface area (Å²) in [5.41, 5.74) is 1.61. The molecule has 4 nitrogen and oxygen atoms in total. The Morgan fingerprint density at radius 1 is 1.08 bits per heavy atom. The number of hydrogen-bond donors (Lipinski definition) is 1. The molecule has 0 saturated carbocycles. The number of rotatable bonds is 0. The molecule has 0 aliphatic rings. The van der Waals surface area contributed by atoms with Gasteiger partial charge in [-0.1, -0.05) is 12.1 Å². The van der Waals surface area contributed by atoms with Crippen molar-refractivity contribution in [2.24, 2.45) is 0 Å². The average molecular weight is 170 g/mol. The van der Waals surface area contributed by atoms with E-state index < -0.39 is 0 Å². The molecule has 0 aliphatic heterocycles. The maximum absolute atomic E-state index is 4.18. The molecule has 0 bridgehead atoms. The lowest BCUT2D eigenvalue weighted by molar-refractivity contribution is 0.909. The first-order valence-electron chi connectivity index (χ1n) is 3.99. The van der Waals surface area contributed by atoms with E-state index in [1.807, 2.05) is 24.3 Å². The van der Waals surface area contributed by atoms with Crippen molar-refractivity contribution in [3.05, 3.63) is 30.5 Å². The molecule has 0 amide bonds. The lowest BCUT2D eigenvalue weighted by Crippen LogP contribution is -1.87. The van der Waals surface area contributed by atoms with Crippen molar-refractivity contribution in [1.29, 1.82) is 0 Å². The minimum Gasteiger partial charge on any atom is -0.235 e. The zero-order chi connectivity index (χ0) is 8.67. The number of nitrogens with zero attached hydrogens (tertiary/aromatic N) is 3. The summed E-state index contributed by atoms with van der Waals surface area (Å²) in [6.07, 6.45) is 1.73. The molecule has 13 heavy (non-hydrogen) atoms. The van der Waals surface area contributed by atoms with Gasteiger partial charge in [0.2, 0.25) is 0 Å². The molecule has 3 rings (SSSR count). The molecule has 62 valence electrons. The van der Waals surface area contributed by atoms with Gasteiger partial charge >= 0.3 is 0 Å². The summed E-state index contributed by atoms with van der Waals surface area (Å²) in [5, 5.41) is 12.8. The van der Waals surface area contributed by atoms with Crippen LogP contribution in [0.25, 0.3) is 21.9 Å². The van der Waals surface area contributed by atoms with Gasteiger partial charge in [-0.3, -0.25) is 0 Å². The number of H-pyrrole nitrogens is 1. The highest BCUT2D eigenvalue weighted by molar-refractivity contribution is 6.05. The first-order chi connectivity index (χ1) is 6.45. The average Bonchev–Trinajstić information content (AvgIpc) is 2.44. The van der Waals surface area contributed by atoms with Crippen LogP contribution in [-0.2, 0) is 0 Å². The van der Waals surface area contributed by atoms with E-state index in [1.165, 1.54) is 0 Å². The fourth-order valence-electron chi connectivity index (χ4n) is 1.49. The molecule has 0 fully saturated rings. The summed E-state index contributed by atoms with van der Waals surface area (Å²) in [5.74, 6) is 0. The highest BCUT2D eigenvalue weighted by Crippen LogP contribution is 2.21. The number of hydrogen-bond acceptors (Lipinski definition) is 3. The topological polar surface area (TPSA) is 54.5 Å². The normalized spacial score (nSPS) is 11.1. The highest BCUT2D eigenvalue weighted by atomic mass is 15.3. The maximum Gasteiger partial charge on any atom is 0.183 e. The Bertz CT molecular complexity index is 570. The predicted octanol–water partition coefficient (Wildman–Crippen LogP) is 1.51. The Labute approximate surface area is 73.6 Å². The first kappa shape index (κ1) is 6.54. The lowest BCUT2D eigenvalue weighted by Gasteiger charge is -1.89. The minimum absolute atomic E-state index is 0.704. The van der Waals surface area contributed by atoms with Gasteiger partial charge in [0, 0.05) is 6.20 Å². The Balaban J connectivity index is 2.75. The molecular formula is C9H6N4. The van der Waals surface area contributed by atoms with E-state index in [1.54, 1.807) is 6.20 Å². The number of aromatic amines is 1. The van der Waals surface area contributed by atoms with Crippen molar-refractivity contribution in [2.75, 3.05) is 0 Å². The van der Waals surface area contributed by atoms with Gasteiger partial charge in [0.15, 0.2) is 5.65 Å². The van der Waals surface area contributed by atoms with Crippen LogP contribution in [-0.4, -0.2) is 20.4 Å². The monoisotopic (exact) mass is 170 g/mol. The first-order valence-corrected chi connectivity index (χ1v) is 3.99. The summed E-state index contributed by atoms with van der Waals surface area (Å²) < 4.78 is 0. The van der Waals surface area contributed by atoms with E-state index in [0.29, 0.717) is 5.65 Å². The Morgan fingerprint density at radius 3 is 3.08 bits per heavy atom. The van der Waals surface area contributed by atoms with Crippen LogP contribution in [0.5, 0.6) is 0 Å². The van der Waals surface area contributed by atoms with Crippen LogP contribution in [0.4, 0.5) is 0 Å². The quantitative estimate of drug-likeness (QED) is 0.556. The second kappa shape index (κ2) is 2.26. The van der Waals surface area contributed by atoms with Gasteiger partial charge in [0.1, 0.15) is 0 Å². The van der Waals surface area contributed by atoms with Crippen molar-refractivity contribution in [3.63, 3.8) is 0 Å². The molecule has 2 heterocycles. The fraction of sp³-hybridized carbons (Fsp3) is 0. The van der Waals surface area contributed by atoms with E-state index in [9.17, 15) is 0 Å². The second-order valence-electron chi connectivity index (χ2n) is 2.83. The van der Waals surface area contributed by atoms with Crippen molar-refractivity contribution in [3.8, 4) is 0 Å². The van der Waals surface area contributed by atoms with Crippen molar-refractivity contribution in [2.45, 2.75) is 0 Å². The predicted molar refractivity (Wildman–Crippen MR) is 49.2 cm³/mol. The van der Waals surface area contributed by atoms with E-state index in [2.05, 4.69) is 20.4 Å². The van der Waals surface area contributed by atoms with Crippen LogP contribution in [0.3, 0.4) is 0 Å². The molecule has 1 aromatic carbocycles. The van der Waals surface area contributed by atoms with Crippen LogP contribution in [0.1, 0.15) is 0 Å². The standard InChI is InChI=1S/C9H6N4/c1-2-6-3-4-7-8(6)9(10-5-1)12-13-11-7/h1-5,13H. The van der Waals surface area contributed by atoms with Crippen molar-refractivity contribution >= 4 is 21.9 Å². The van der Waals surface area contributed by atoms with E-state index in [4.69, 9.17) is 0 Å². The van der Waals surface area contributed by atoms with Crippen molar-refractivity contribution < 1.29 is 0 Å². The second-order valence-corrected chi connectivity index (χ2v) is 2.83. The maximum atomic E-state index is 4.18. The third-order valence-electron chi connectivity index (χ3n) is 2.07. The van der Waals surface area contributed by atoms with Gasteiger partial charge in [-0.2, -0.15) is 10.3 Å². The van der Waals surface area contributed by atoms with Gasteiger partial charge in [0.05, 0.1) is 10.9 Å². The largest absolute Gasteiger partial charge is 0.235 e. The molecule has 0 saturated heterocycles. The number of aromatic nitrogens is 4. The van der Waals surface area contributed by atoms with Gasteiger partial charge in [0.25, 0.3) is 0 Å². The summed E-state index contributed by atoms with van der Waals surface area (Å²) in [7, 11) is 0. The summed E-state index contributed by atoms with van der Waals surface area (Å²) in [6, 6.07) is 7.88. The molecule has 3 aromatic rings. The molecule has 2 aromatic heterocycles. The third-order valence-corrected chi connectivity index (χ3v) is 2.07. The molecule has 1 N–H and O–H groups in total. The van der Waals surface area contributed by atoms with Crippen LogP contribution >= 0.6 is 0 Å². The zero-order valence-electron chi connectivity index (χ0n) is 6.73. The SMILES string of the molecule is c1cnc2n[nH]nc3ccc(c1)c32. The molecule has 0 unspecified atom stereocenters. The molecule has 0 spiro atoms. The smallest absolute Gasteiger partial charge is 0.183 e. The van der Waals surface area contributed by atoms with Crippen LogP contribution in [0, 0.1) is 0 Å². The summed E-state index contributed by atoms with van der Waals surface area (Å²) in [6.45, 7) is 0. The van der Waals surface area contributed by atoms with Gasteiger partial charge in [-0.15, -0.1) is 5.10 Å². The highest BCUT2D eigenvalue weighted by Gasteiger charge is 2.03.